The molecule has 4 aliphatic heterocycles. The maximum atomic E-state index is 13.6. The van der Waals surface area contributed by atoms with Gasteiger partial charge in [-0.15, -0.1) is 0 Å². The van der Waals surface area contributed by atoms with E-state index in [-0.39, 0.29) is 50.1 Å². The van der Waals surface area contributed by atoms with Crippen LogP contribution in [0.15, 0.2) is 57.9 Å². The maximum Gasteiger partial charge on any atom is 0.508 e. The number of nitrogens with one attached hydrogen (secondary N) is 10. The molecule has 0 radical (unpaired) electrons. The van der Waals surface area contributed by atoms with Crippen LogP contribution in [0.1, 0.15) is 130 Å². The molecule has 104 heavy (non-hydrogen) atoms. The van der Waals surface area contributed by atoms with Gasteiger partial charge in [-0.2, -0.15) is 0 Å². The van der Waals surface area contributed by atoms with Gasteiger partial charge >= 0.3 is 60.8 Å². The van der Waals surface area contributed by atoms with Gasteiger partial charge in [-0.1, -0.05) is 0 Å². The van der Waals surface area contributed by atoms with Crippen LogP contribution in [0.4, 0.5) is 38.4 Å². The van der Waals surface area contributed by atoms with E-state index in [1.165, 1.54) is 24.3 Å². The predicted octanol–water partition coefficient (Wildman–Crippen LogP) is 2.66. The first kappa shape index (κ1) is 83.3. The fraction of sp³-hybridized carbons (Fsp3) is 0.594. The molecule has 1 aromatic rings. The highest BCUT2D eigenvalue weighted by Gasteiger charge is 2.52. The number of guanidine groups is 2. The summed E-state index contributed by atoms with van der Waals surface area (Å²) in [5, 5.41) is 24.8. The minimum Gasteiger partial charge on any atom is -0.477 e. The Morgan fingerprint density at radius 3 is 1.01 bits per heavy atom. The third-order valence-electron chi connectivity index (χ3n) is 13.5. The van der Waals surface area contributed by atoms with Gasteiger partial charge in [-0.25, -0.2) is 57.9 Å². The quantitative estimate of drug-likeness (QED) is 0.0262. The smallest absolute Gasteiger partial charge is 0.477 e. The molecule has 0 aromatic heterocycles. The Bertz CT molecular complexity index is 3190. The fourth-order valence-corrected chi connectivity index (χ4v) is 9.52. The topological polar surface area (TPSA) is 513 Å². The second-order valence-electron chi connectivity index (χ2n) is 26.9. The van der Waals surface area contributed by atoms with Crippen LogP contribution in [0.5, 0.6) is 0 Å². The molecule has 0 saturated carbocycles. The number of carbonyl (C=O) groups is 14. The van der Waals surface area contributed by atoms with Crippen LogP contribution in [0, 0.1) is 0 Å². The first-order valence-electron chi connectivity index (χ1n) is 32.3. The Kier molecular flexibility index (Phi) is 29.6. The summed E-state index contributed by atoms with van der Waals surface area (Å²) >= 11 is 0. The molecule has 2 saturated heterocycles. The van der Waals surface area contributed by atoms with E-state index in [0.29, 0.717) is 0 Å². The molecule has 4 heterocycles. The first-order valence-corrected chi connectivity index (χ1v) is 32.3. The average Bonchev–Trinajstić information content (AvgIpc) is 1.17. The number of carbonyl (C=O) groups excluding carboxylic acids is 14. The number of benzene rings is 1. The van der Waals surface area contributed by atoms with Gasteiger partial charge in [0.25, 0.3) is 11.8 Å². The number of hydrogen-bond donors (Lipinski definition) is 10. The van der Waals surface area contributed by atoms with Crippen LogP contribution in [0.2, 0.25) is 0 Å². The van der Waals surface area contributed by atoms with Crippen molar-refractivity contribution in [2.45, 2.75) is 193 Å². The number of rotatable bonds is 22. The van der Waals surface area contributed by atoms with E-state index in [1.54, 1.807) is 83.1 Å². The van der Waals surface area contributed by atoms with Gasteiger partial charge < -0.3 is 98.2 Å². The third-order valence-corrected chi connectivity index (χ3v) is 13.5. The van der Waals surface area contributed by atoms with E-state index in [9.17, 15) is 67.1 Å². The number of nitrogens with zero attached hydrogens (tertiary/aromatic N) is 2. The molecular weight excluding hydrogens is 1380 g/mol. The normalized spacial score (nSPS) is 20.3. The molecular formula is C64H90N12O28. The molecule has 574 valence electrons. The highest BCUT2D eigenvalue weighted by molar-refractivity contribution is 6.03. The zero-order valence-corrected chi connectivity index (χ0v) is 60.2. The molecule has 10 N–H and O–H groups in total. The summed E-state index contributed by atoms with van der Waals surface area (Å²) in [4.78, 5) is 191. The largest absolute Gasteiger partial charge is 0.508 e. The van der Waals surface area contributed by atoms with Crippen LogP contribution in [0.3, 0.4) is 0 Å². The maximum absolute atomic E-state index is 13.6. The molecule has 0 aliphatic carbocycles. The minimum atomic E-state index is -1.72. The monoisotopic (exact) mass is 1470 g/mol. The summed E-state index contributed by atoms with van der Waals surface area (Å²) < 4.78 is 75.4. The van der Waals surface area contributed by atoms with Gasteiger partial charge in [-0.3, -0.25) is 40.4 Å². The van der Waals surface area contributed by atoms with Crippen LogP contribution < -0.4 is 53.2 Å². The SMILES string of the molecule is COC(=O)C1=C[C@H](N=C(NC(=O)OC(C)(C)C)NC(=O)OC(C)(C)C)[C@@H](NC(C)=O)[C@H]([C@H](OC(=O)NCCCNC(=O)c2ccc(C(=O)NCCCNC(=O)O[C@@H]([C@@H]3OC(C(=O)OC)=C[C@H](N=C(NC(=O)OC(C)(C)C)NC(=O)OC(C)(C)C)[C@H]3NC(C)=O)[C@H]3COC(=O)O3)cc2)[C@H]2COC(=O)O2)O1. The number of cyclic esters (lactones) is 4. The van der Waals surface area contributed by atoms with Crippen LogP contribution >= 0.6 is 0 Å². The van der Waals surface area contributed by atoms with E-state index >= 15 is 0 Å². The molecule has 40 heteroatoms. The van der Waals surface area contributed by atoms with Gasteiger partial charge in [0.05, 0.1) is 38.4 Å². The average molecular weight is 1480 g/mol. The molecule has 40 nitrogen and oxygen atoms in total. The Balaban J connectivity index is 1.20. The van der Waals surface area contributed by atoms with Gasteiger partial charge in [-0.05, 0) is 132 Å². The van der Waals surface area contributed by atoms with Crippen molar-refractivity contribution in [2.75, 3.05) is 53.6 Å². The minimum absolute atomic E-state index is 0.0208. The van der Waals surface area contributed by atoms with Crippen molar-refractivity contribution >= 4 is 96.4 Å². The fourth-order valence-electron chi connectivity index (χ4n) is 9.52. The highest BCUT2D eigenvalue weighted by Crippen LogP contribution is 2.32. The lowest BCUT2D eigenvalue weighted by Crippen LogP contribution is -2.61. The second-order valence-corrected chi connectivity index (χ2v) is 26.9. The summed E-state index contributed by atoms with van der Waals surface area (Å²) in [6, 6.07) is -0.400. The lowest BCUT2D eigenvalue weighted by molar-refractivity contribution is -0.148. The predicted molar refractivity (Wildman–Crippen MR) is 354 cm³/mol. The van der Waals surface area contributed by atoms with Crippen molar-refractivity contribution in [1.82, 2.24) is 53.2 Å². The van der Waals surface area contributed by atoms with E-state index in [4.69, 9.17) is 66.3 Å². The molecule has 10 amide bonds. The Morgan fingerprint density at radius 2 is 0.750 bits per heavy atom. The number of amides is 10. The van der Waals surface area contributed by atoms with E-state index < -0.39 is 204 Å². The van der Waals surface area contributed by atoms with Gasteiger partial charge in [0, 0.05) is 51.2 Å². The van der Waals surface area contributed by atoms with Crippen LogP contribution in [0.25, 0.3) is 0 Å². The molecule has 0 bridgehead atoms. The summed E-state index contributed by atoms with van der Waals surface area (Å²) in [6.45, 7) is 19.7. The van der Waals surface area contributed by atoms with Gasteiger partial charge in [0.15, 0.2) is 36.6 Å². The highest BCUT2D eigenvalue weighted by atomic mass is 16.8. The summed E-state index contributed by atoms with van der Waals surface area (Å²) in [5.74, 6) is -7.05. The molecule has 2 fully saturated rings. The van der Waals surface area contributed by atoms with Gasteiger partial charge in [0.1, 0.15) is 35.6 Å². The summed E-state index contributed by atoms with van der Waals surface area (Å²) in [5.41, 5.74) is -3.87. The van der Waals surface area contributed by atoms with E-state index in [2.05, 4.69) is 63.2 Å². The zero-order chi connectivity index (χ0) is 77.6. The standard InChI is InChI=1S/C64H90N12O28/c1-31(77)69-41-35(71-51(73-55(85)101-61(3,4)5)74-56(86)102-62(6,7)8)27-37(49(81)91-15)95-45(41)43(39-29-93-59(89)97-39)99-53(83)67-25-17-23-65-47(79)33-19-21-34(22-20-33)48(80)66-24-18-26-68-54(84)100-44(40-30-94-60(90)98-40)46-42(70-32(2)78)36(28-38(96-46)50(82)92-16)72-52(75-57(87)103-63(9,10)11)76-58(88)104-64(12,13)14/h19-22,27-28,35-36,39-46H,17-18,23-26,29-30H2,1-16H3,(H,65,79)(H,66,80)(H,67,83)(H,68,84)(H,69,77)(H,70,78)(H2,71,73,74,85,86)(H2,72,75,76,87,88)/t35-,36-,39+,40+,41+,42+,43+,44+,45+,46+/m0/s1. The first-order chi connectivity index (χ1) is 48.5. The number of aliphatic imine (C=N–C) groups is 2. The molecule has 5 rings (SSSR count). The molecule has 0 unspecified atom stereocenters. The molecule has 4 aliphatic rings. The van der Waals surface area contributed by atoms with Crippen molar-refractivity contribution in [2.24, 2.45) is 9.98 Å². The Hall–Kier alpha value is -11.4. The number of methoxy groups -OCH3 is 2. The Labute approximate surface area is 596 Å². The number of ether oxygens (including phenoxy) is 14. The number of hydrogen-bond acceptors (Lipinski definition) is 30. The van der Waals surface area contributed by atoms with E-state index in [1.807, 2.05) is 0 Å². The van der Waals surface area contributed by atoms with E-state index in [0.717, 1.165) is 40.2 Å². The second kappa shape index (κ2) is 37.0. The lowest BCUT2D eigenvalue weighted by Gasteiger charge is -2.39. The molecule has 0 spiro atoms. The van der Waals surface area contributed by atoms with Crippen LogP contribution in [-0.2, 0) is 85.5 Å². The van der Waals surface area contributed by atoms with Gasteiger partial charge in [0.2, 0.25) is 35.3 Å². The summed E-state index contributed by atoms with van der Waals surface area (Å²) in [7, 11) is 2.05. The number of alkyl carbamates (subject to hydrolysis) is 6. The Morgan fingerprint density at radius 1 is 0.452 bits per heavy atom. The van der Waals surface area contributed by atoms with Crippen molar-refractivity contribution in [1.29, 1.82) is 0 Å². The molecule has 1 aromatic carbocycles. The van der Waals surface area contributed by atoms with Crippen molar-refractivity contribution < 1.29 is 133 Å². The van der Waals surface area contributed by atoms with Crippen molar-refractivity contribution in [3.63, 3.8) is 0 Å². The number of esters is 2. The van der Waals surface area contributed by atoms with Crippen LogP contribution in [-0.4, -0.2) is 233 Å². The third kappa shape index (κ3) is 28.2. The molecule has 10 atom stereocenters. The zero-order valence-electron chi connectivity index (χ0n) is 60.2. The van der Waals surface area contributed by atoms with Crippen molar-refractivity contribution in [3.05, 3.63) is 59.1 Å². The summed E-state index contributed by atoms with van der Waals surface area (Å²) in [6.07, 6.45) is -16.3. The lowest BCUT2D eigenvalue weighted by atomic mass is 9.92. The van der Waals surface area contributed by atoms with Crippen molar-refractivity contribution in [3.8, 4) is 0 Å².